The minimum Gasteiger partial charge on any atom is -0.462 e. The Morgan fingerprint density at radius 2 is 2.12 bits per heavy atom. The number of hydrogen-bond donors (Lipinski definition) is 2. The van der Waals surface area contributed by atoms with Crippen LogP contribution in [-0.2, 0) is 9.53 Å². The average molecular weight is 222 g/mol. The van der Waals surface area contributed by atoms with Crippen LogP contribution in [0.15, 0.2) is 18.2 Å². The summed E-state index contributed by atoms with van der Waals surface area (Å²) in [6.07, 6.45) is 0. The Kier molecular flexibility index (Phi) is 3.88. The Balaban J connectivity index is 2.98. The van der Waals surface area contributed by atoms with E-state index >= 15 is 0 Å². The summed E-state index contributed by atoms with van der Waals surface area (Å²) in [5.74, 6) is -0.702. The highest BCUT2D eigenvalue weighted by atomic mass is 16.5. The van der Waals surface area contributed by atoms with Crippen LogP contribution in [0, 0.1) is 0 Å². The standard InChI is InChI=1S/C11H14N2O3/c1-3-16-11(15)9-6-8(13-7(2)14)4-5-10(9)12/h4-6H,3,12H2,1-2H3,(H,13,14). The fraction of sp³-hybridized carbons (Fsp3) is 0.273. The average Bonchev–Trinajstić information content (AvgIpc) is 2.20. The van der Waals surface area contributed by atoms with Gasteiger partial charge in [-0.3, -0.25) is 4.79 Å². The molecule has 5 nitrogen and oxygen atoms in total. The minimum absolute atomic E-state index is 0.209. The van der Waals surface area contributed by atoms with E-state index in [0.29, 0.717) is 11.4 Å². The number of nitrogens with two attached hydrogens (primary N) is 1. The maximum Gasteiger partial charge on any atom is 0.340 e. The maximum absolute atomic E-state index is 11.5. The van der Waals surface area contributed by atoms with E-state index in [-0.39, 0.29) is 18.1 Å². The van der Waals surface area contributed by atoms with Crippen molar-refractivity contribution in [2.45, 2.75) is 13.8 Å². The summed E-state index contributed by atoms with van der Waals surface area (Å²) in [5, 5.41) is 2.57. The van der Waals surface area contributed by atoms with Crippen molar-refractivity contribution < 1.29 is 14.3 Å². The Morgan fingerprint density at radius 3 is 2.69 bits per heavy atom. The summed E-state index contributed by atoms with van der Waals surface area (Å²) >= 11 is 0. The predicted octanol–water partition coefficient (Wildman–Crippen LogP) is 1.40. The molecule has 0 aromatic heterocycles. The third kappa shape index (κ3) is 2.98. The molecule has 1 aromatic rings. The predicted molar refractivity (Wildman–Crippen MR) is 61.1 cm³/mol. The van der Waals surface area contributed by atoms with Gasteiger partial charge in [0.1, 0.15) is 0 Å². The number of carbonyl (C=O) groups is 2. The molecular weight excluding hydrogens is 208 g/mol. The van der Waals surface area contributed by atoms with Gasteiger partial charge in [0.25, 0.3) is 0 Å². The van der Waals surface area contributed by atoms with Gasteiger partial charge in [0.2, 0.25) is 5.91 Å². The van der Waals surface area contributed by atoms with Crippen LogP contribution in [-0.4, -0.2) is 18.5 Å². The molecule has 1 rings (SSSR count). The topological polar surface area (TPSA) is 81.4 Å². The van der Waals surface area contributed by atoms with Gasteiger partial charge in [0.05, 0.1) is 12.2 Å². The molecule has 0 atom stereocenters. The summed E-state index contributed by atoms with van der Waals surface area (Å²) in [4.78, 5) is 22.3. The van der Waals surface area contributed by atoms with Crippen molar-refractivity contribution >= 4 is 23.3 Å². The van der Waals surface area contributed by atoms with Crippen LogP contribution in [0.3, 0.4) is 0 Å². The number of esters is 1. The number of nitrogens with one attached hydrogen (secondary N) is 1. The van der Waals surface area contributed by atoms with Crippen LogP contribution in [0.2, 0.25) is 0 Å². The number of benzene rings is 1. The van der Waals surface area contributed by atoms with Crippen molar-refractivity contribution in [3.63, 3.8) is 0 Å². The van der Waals surface area contributed by atoms with Gasteiger partial charge in [-0.05, 0) is 25.1 Å². The van der Waals surface area contributed by atoms with E-state index in [2.05, 4.69) is 5.32 Å². The van der Waals surface area contributed by atoms with Crippen LogP contribution >= 0.6 is 0 Å². The Morgan fingerprint density at radius 1 is 1.44 bits per heavy atom. The number of carbonyl (C=O) groups excluding carboxylic acids is 2. The SMILES string of the molecule is CCOC(=O)c1cc(NC(C)=O)ccc1N. The van der Waals surface area contributed by atoms with Crippen LogP contribution in [0.1, 0.15) is 24.2 Å². The monoisotopic (exact) mass is 222 g/mol. The number of rotatable bonds is 3. The molecule has 5 heteroatoms. The quantitative estimate of drug-likeness (QED) is 0.598. The molecule has 16 heavy (non-hydrogen) atoms. The van der Waals surface area contributed by atoms with Crippen molar-refractivity contribution in [3.8, 4) is 0 Å². The molecule has 0 fully saturated rings. The van der Waals surface area contributed by atoms with E-state index in [1.165, 1.54) is 13.0 Å². The van der Waals surface area contributed by atoms with E-state index in [1.54, 1.807) is 19.1 Å². The van der Waals surface area contributed by atoms with E-state index in [4.69, 9.17) is 10.5 Å². The lowest BCUT2D eigenvalue weighted by atomic mass is 10.1. The zero-order valence-electron chi connectivity index (χ0n) is 9.24. The summed E-state index contributed by atoms with van der Waals surface area (Å²) in [6.45, 7) is 3.38. The van der Waals surface area contributed by atoms with Gasteiger partial charge in [-0.2, -0.15) is 0 Å². The molecule has 0 saturated carbocycles. The first-order chi connectivity index (χ1) is 7.54. The molecule has 0 radical (unpaired) electrons. The third-order valence-corrected chi connectivity index (χ3v) is 1.87. The van der Waals surface area contributed by atoms with E-state index in [0.717, 1.165) is 0 Å². The Bertz CT molecular complexity index is 416. The lowest BCUT2D eigenvalue weighted by molar-refractivity contribution is -0.114. The number of nitrogen functional groups attached to an aromatic ring is 1. The molecule has 0 bridgehead atoms. The maximum atomic E-state index is 11.5. The zero-order chi connectivity index (χ0) is 12.1. The second-order valence-corrected chi connectivity index (χ2v) is 3.20. The molecule has 0 saturated heterocycles. The fourth-order valence-electron chi connectivity index (χ4n) is 1.22. The highest BCUT2D eigenvalue weighted by Crippen LogP contribution is 2.18. The summed E-state index contributed by atoms with van der Waals surface area (Å²) in [6, 6.07) is 4.67. The lowest BCUT2D eigenvalue weighted by Gasteiger charge is -2.08. The zero-order valence-corrected chi connectivity index (χ0v) is 9.24. The Hall–Kier alpha value is -2.04. The van der Waals surface area contributed by atoms with Crippen LogP contribution in [0.25, 0.3) is 0 Å². The van der Waals surface area contributed by atoms with Gasteiger partial charge < -0.3 is 15.8 Å². The van der Waals surface area contributed by atoms with E-state index in [1.807, 2.05) is 0 Å². The van der Waals surface area contributed by atoms with Crippen molar-refractivity contribution in [2.24, 2.45) is 0 Å². The van der Waals surface area contributed by atoms with Gasteiger partial charge in [0, 0.05) is 18.3 Å². The molecule has 0 aliphatic carbocycles. The molecule has 0 aliphatic rings. The molecule has 0 heterocycles. The van der Waals surface area contributed by atoms with Crippen LogP contribution in [0.4, 0.5) is 11.4 Å². The van der Waals surface area contributed by atoms with Gasteiger partial charge in [-0.15, -0.1) is 0 Å². The molecule has 86 valence electrons. The summed E-state index contributed by atoms with van der Waals surface area (Å²) < 4.78 is 4.84. The highest BCUT2D eigenvalue weighted by Gasteiger charge is 2.11. The molecule has 0 spiro atoms. The second-order valence-electron chi connectivity index (χ2n) is 3.20. The van der Waals surface area contributed by atoms with Gasteiger partial charge >= 0.3 is 5.97 Å². The number of anilines is 2. The van der Waals surface area contributed by atoms with Crippen LogP contribution in [0.5, 0.6) is 0 Å². The normalized spacial score (nSPS) is 9.62. The molecular formula is C11H14N2O3. The molecule has 3 N–H and O–H groups in total. The van der Waals surface area contributed by atoms with Gasteiger partial charge in [-0.25, -0.2) is 4.79 Å². The van der Waals surface area contributed by atoms with Gasteiger partial charge in [-0.1, -0.05) is 0 Å². The number of amides is 1. The first-order valence-electron chi connectivity index (χ1n) is 4.88. The van der Waals surface area contributed by atoms with Crippen molar-refractivity contribution in [1.82, 2.24) is 0 Å². The molecule has 0 unspecified atom stereocenters. The first-order valence-corrected chi connectivity index (χ1v) is 4.88. The summed E-state index contributed by atoms with van der Waals surface area (Å²) in [5.41, 5.74) is 6.74. The lowest BCUT2D eigenvalue weighted by Crippen LogP contribution is -2.11. The van der Waals surface area contributed by atoms with Crippen molar-refractivity contribution in [1.29, 1.82) is 0 Å². The molecule has 0 aliphatic heterocycles. The van der Waals surface area contributed by atoms with E-state index in [9.17, 15) is 9.59 Å². The summed E-state index contributed by atoms with van der Waals surface area (Å²) in [7, 11) is 0. The largest absolute Gasteiger partial charge is 0.462 e. The van der Waals surface area contributed by atoms with Gasteiger partial charge in [0.15, 0.2) is 0 Å². The highest BCUT2D eigenvalue weighted by molar-refractivity contribution is 5.98. The van der Waals surface area contributed by atoms with E-state index < -0.39 is 5.97 Å². The smallest absolute Gasteiger partial charge is 0.340 e. The third-order valence-electron chi connectivity index (χ3n) is 1.87. The molecule has 1 amide bonds. The fourth-order valence-corrected chi connectivity index (χ4v) is 1.22. The number of hydrogen-bond acceptors (Lipinski definition) is 4. The second kappa shape index (κ2) is 5.16. The minimum atomic E-state index is -0.493. The molecule has 1 aromatic carbocycles. The van der Waals surface area contributed by atoms with Crippen LogP contribution < -0.4 is 11.1 Å². The Labute approximate surface area is 93.6 Å². The van der Waals surface area contributed by atoms with Crippen molar-refractivity contribution in [3.05, 3.63) is 23.8 Å². The van der Waals surface area contributed by atoms with Crippen molar-refractivity contribution in [2.75, 3.05) is 17.7 Å². The first kappa shape index (κ1) is 12.0. The number of ether oxygens (including phenoxy) is 1.